The molecule has 4 rings (SSSR count). The van der Waals surface area contributed by atoms with Crippen LogP contribution >= 0.6 is 11.3 Å². The summed E-state index contributed by atoms with van der Waals surface area (Å²) in [5, 5.41) is 21.0. The smallest absolute Gasteiger partial charge is 0.183 e. The minimum Gasteiger partial charge on any atom is -0.389 e. The maximum absolute atomic E-state index is 10.9. The number of ether oxygens (including phenoxy) is 2. The summed E-state index contributed by atoms with van der Waals surface area (Å²) in [6.45, 7) is 5.15. The maximum atomic E-state index is 10.9. The summed E-state index contributed by atoms with van der Waals surface area (Å²) in [5.41, 5.74) is 1.93. The average Bonchev–Trinajstić information content (AvgIpc) is 3.22. The number of aliphatic hydroxyl groups excluding tert-OH is 1. The van der Waals surface area contributed by atoms with Gasteiger partial charge < -0.3 is 19.9 Å². The first-order valence-electron chi connectivity index (χ1n) is 7.87. The number of nitrogens with zero attached hydrogens (tertiary/aromatic N) is 2. The van der Waals surface area contributed by atoms with Crippen LogP contribution in [0.5, 0.6) is 0 Å². The molecular weight excluding hydrogens is 314 g/mol. The third-order valence-electron chi connectivity index (χ3n) is 4.55. The molecule has 0 aliphatic carbocycles. The van der Waals surface area contributed by atoms with E-state index >= 15 is 0 Å². The zero-order chi connectivity index (χ0) is 16.0. The highest BCUT2D eigenvalue weighted by Gasteiger charge is 2.51. The van der Waals surface area contributed by atoms with Gasteiger partial charge in [0.05, 0.1) is 24.4 Å². The third kappa shape index (κ3) is 2.72. The number of aromatic nitrogens is 2. The number of hydrogen-bond acceptors (Lipinski definition) is 6. The highest BCUT2D eigenvalue weighted by Crippen LogP contribution is 2.36. The first-order valence-corrected chi connectivity index (χ1v) is 8.75. The van der Waals surface area contributed by atoms with Crippen LogP contribution in [-0.4, -0.2) is 46.0 Å². The molecule has 0 aromatic carbocycles. The second-order valence-corrected chi connectivity index (χ2v) is 7.25. The molecule has 23 heavy (non-hydrogen) atoms. The lowest BCUT2D eigenvalue weighted by Gasteiger charge is -2.39. The predicted octanol–water partition coefficient (Wildman–Crippen LogP) is 1.38. The van der Waals surface area contributed by atoms with Gasteiger partial charge in [-0.15, -0.1) is 11.3 Å². The van der Waals surface area contributed by atoms with Crippen LogP contribution in [0.15, 0.2) is 23.6 Å². The molecule has 0 amide bonds. The normalized spacial score (nSPS) is 33.3. The lowest BCUT2D eigenvalue weighted by molar-refractivity contribution is -0.168. The molecule has 5 atom stereocenters. The molecule has 0 spiro atoms. The van der Waals surface area contributed by atoms with E-state index in [9.17, 15) is 5.11 Å². The van der Waals surface area contributed by atoms with Crippen LogP contribution in [0.25, 0.3) is 0 Å². The minimum atomic E-state index is -0.612. The molecule has 2 aromatic rings. The van der Waals surface area contributed by atoms with Gasteiger partial charge in [-0.3, -0.25) is 4.68 Å². The SMILES string of the molecule is Cc1cc(C)n([C@H]2[C@@H]3OC[C@@H](O3)[C@@H](NCc3cccs3)[C@@H]2O)n1. The Morgan fingerprint density at radius 1 is 1.48 bits per heavy atom. The molecule has 2 saturated heterocycles. The van der Waals surface area contributed by atoms with Crippen molar-refractivity contribution >= 4 is 11.3 Å². The van der Waals surface area contributed by atoms with Gasteiger partial charge in [0, 0.05) is 17.1 Å². The molecule has 2 aliphatic rings. The van der Waals surface area contributed by atoms with Crippen LogP contribution in [0.1, 0.15) is 22.3 Å². The van der Waals surface area contributed by atoms with Gasteiger partial charge in [0.25, 0.3) is 0 Å². The number of nitrogens with one attached hydrogen (secondary N) is 1. The van der Waals surface area contributed by atoms with Gasteiger partial charge in [0.15, 0.2) is 6.29 Å². The van der Waals surface area contributed by atoms with E-state index in [1.807, 2.05) is 30.7 Å². The fourth-order valence-electron chi connectivity index (χ4n) is 3.49. The van der Waals surface area contributed by atoms with Crippen LogP contribution in [0.2, 0.25) is 0 Å². The first kappa shape index (κ1) is 15.3. The van der Waals surface area contributed by atoms with Crippen LogP contribution in [0.4, 0.5) is 0 Å². The molecule has 4 heterocycles. The predicted molar refractivity (Wildman–Crippen MR) is 86.3 cm³/mol. The maximum Gasteiger partial charge on any atom is 0.183 e. The van der Waals surface area contributed by atoms with Gasteiger partial charge in [0.2, 0.25) is 0 Å². The van der Waals surface area contributed by atoms with E-state index in [0.717, 1.165) is 11.4 Å². The zero-order valence-corrected chi connectivity index (χ0v) is 14.0. The van der Waals surface area contributed by atoms with E-state index in [4.69, 9.17) is 9.47 Å². The molecule has 2 N–H and O–H groups in total. The van der Waals surface area contributed by atoms with Crippen molar-refractivity contribution in [3.63, 3.8) is 0 Å². The van der Waals surface area contributed by atoms with Gasteiger partial charge in [0.1, 0.15) is 12.1 Å². The summed E-state index contributed by atoms with van der Waals surface area (Å²) in [5.74, 6) is 0. The van der Waals surface area contributed by atoms with Crippen molar-refractivity contribution in [1.82, 2.24) is 15.1 Å². The monoisotopic (exact) mass is 335 g/mol. The number of rotatable bonds is 4. The fraction of sp³-hybridized carbons (Fsp3) is 0.562. The Labute approximate surface area is 139 Å². The molecule has 0 radical (unpaired) electrons. The Morgan fingerprint density at radius 2 is 2.35 bits per heavy atom. The van der Waals surface area contributed by atoms with Crippen molar-refractivity contribution in [2.24, 2.45) is 0 Å². The van der Waals surface area contributed by atoms with Crippen LogP contribution in [0, 0.1) is 13.8 Å². The number of thiophene rings is 1. The van der Waals surface area contributed by atoms with Crippen LogP contribution < -0.4 is 5.32 Å². The summed E-state index contributed by atoms with van der Waals surface area (Å²) < 4.78 is 13.6. The number of aliphatic hydroxyl groups is 1. The van der Waals surface area contributed by atoms with E-state index in [1.165, 1.54) is 4.88 Å². The summed E-state index contributed by atoms with van der Waals surface area (Å²) >= 11 is 1.70. The van der Waals surface area contributed by atoms with Crippen molar-refractivity contribution < 1.29 is 14.6 Å². The highest BCUT2D eigenvalue weighted by molar-refractivity contribution is 7.09. The van der Waals surface area contributed by atoms with Crippen LogP contribution in [0.3, 0.4) is 0 Å². The Bertz CT molecular complexity index is 672. The topological polar surface area (TPSA) is 68.5 Å². The van der Waals surface area contributed by atoms with Gasteiger partial charge >= 0.3 is 0 Å². The Morgan fingerprint density at radius 3 is 3.04 bits per heavy atom. The minimum absolute atomic E-state index is 0.122. The lowest BCUT2D eigenvalue weighted by atomic mass is 9.96. The molecule has 6 nitrogen and oxygen atoms in total. The van der Waals surface area contributed by atoms with E-state index < -0.39 is 12.4 Å². The molecule has 124 valence electrons. The molecular formula is C16H21N3O3S. The number of aryl methyl sites for hydroxylation is 2. The third-order valence-corrected chi connectivity index (χ3v) is 5.43. The molecule has 2 aliphatic heterocycles. The first-order chi connectivity index (χ1) is 11.1. The summed E-state index contributed by atoms with van der Waals surface area (Å²) in [6, 6.07) is 5.61. The zero-order valence-electron chi connectivity index (χ0n) is 13.2. The summed E-state index contributed by atoms with van der Waals surface area (Å²) in [7, 11) is 0. The van der Waals surface area contributed by atoms with Crippen molar-refractivity contribution in [2.45, 2.75) is 51.0 Å². The number of fused-ring (bicyclic) bond motifs is 2. The molecule has 2 bridgehead atoms. The Balaban J connectivity index is 1.57. The summed E-state index contributed by atoms with van der Waals surface area (Å²) in [6.07, 6.45) is -1.17. The van der Waals surface area contributed by atoms with E-state index in [0.29, 0.717) is 13.2 Å². The highest BCUT2D eigenvalue weighted by atomic mass is 32.1. The lowest BCUT2D eigenvalue weighted by Crippen LogP contribution is -2.57. The van der Waals surface area contributed by atoms with Gasteiger partial charge in [-0.05, 0) is 31.4 Å². The van der Waals surface area contributed by atoms with Gasteiger partial charge in [-0.2, -0.15) is 5.10 Å². The number of hydrogen-bond donors (Lipinski definition) is 2. The molecule has 0 saturated carbocycles. The second kappa shape index (κ2) is 5.99. The van der Waals surface area contributed by atoms with Gasteiger partial charge in [-0.25, -0.2) is 0 Å². The Hall–Kier alpha value is -1.25. The second-order valence-electron chi connectivity index (χ2n) is 6.22. The molecule has 2 fully saturated rings. The quantitative estimate of drug-likeness (QED) is 0.883. The fourth-order valence-corrected chi connectivity index (χ4v) is 4.15. The van der Waals surface area contributed by atoms with E-state index in [2.05, 4.69) is 21.9 Å². The molecule has 2 aromatic heterocycles. The van der Waals surface area contributed by atoms with Crippen LogP contribution in [-0.2, 0) is 16.0 Å². The van der Waals surface area contributed by atoms with Gasteiger partial charge in [-0.1, -0.05) is 6.07 Å². The summed E-state index contributed by atoms with van der Waals surface area (Å²) in [4.78, 5) is 1.24. The molecule has 7 heteroatoms. The molecule has 0 unspecified atom stereocenters. The average molecular weight is 335 g/mol. The van der Waals surface area contributed by atoms with Crippen molar-refractivity contribution in [3.8, 4) is 0 Å². The van der Waals surface area contributed by atoms with Crippen molar-refractivity contribution in [2.75, 3.05) is 6.61 Å². The van der Waals surface area contributed by atoms with E-state index in [-0.39, 0.29) is 18.2 Å². The van der Waals surface area contributed by atoms with E-state index in [1.54, 1.807) is 11.3 Å². The Kier molecular flexibility index (Phi) is 3.98. The van der Waals surface area contributed by atoms with Crippen molar-refractivity contribution in [1.29, 1.82) is 0 Å². The largest absolute Gasteiger partial charge is 0.389 e. The standard InChI is InChI=1S/C16H21N3O3S/c1-9-6-10(2)19(18-9)14-15(20)13(12-8-21-16(14)22-12)17-7-11-4-3-5-23-11/h3-6,12-17,20H,7-8H2,1-2H3/t12-,13-,14-,15+,16-/m1/s1. The van der Waals surface area contributed by atoms with Crippen molar-refractivity contribution in [3.05, 3.63) is 39.8 Å².